The summed E-state index contributed by atoms with van der Waals surface area (Å²) in [5, 5.41) is -0.308. The second-order valence-electron chi connectivity index (χ2n) is 3.98. The van der Waals surface area contributed by atoms with Gasteiger partial charge in [-0.05, 0) is 24.6 Å². The summed E-state index contributed by atoms with van der Waals surface area (Å²) in [5.74, 6) is 0. The lowest BCUT2D eigenvalue weighted by molar-refractivity contribution is 0.464. The number of thiocarbonyl (C=S) groups is 1. The molecule has 0 amide bonds. The molecule has 1 aromatic carbocycles. The molecule has 18 heavy (non-hydrogen) atoms. The van der Waals surface area contributed by atoms with Crippen molar-refractivity contribution in [2.24, 2.45) is 5.73 Å². The molecule has 2 N–H and O–H groups in total. The van der Waals surface area contributed by atoms with Crippen LogP contribution in [0, 0.1) is 0 Å². The van der Waals surface area contributed by atoms with Crippen LogP contribution in [0.4, 0.5) is 0 Å². The molecular weight excluding hydrogens is 292 g/mol. The van der Waals surface area contributed by atoms with Crippen molar-refractivity contribution >= 4 is 38.8 Å². The average molecular weight is 307 g/mol. The van der Waals surface area contributed by atoms with Gasteiger partial charge >= 0.3 is 0 Å². The molecule has 0 fully saturated rings. The van der Waals surface area contributed by atoms with Gasteiger partial charge in [-0.1, -0.05) is 36.0 Å². The Kier molecular flexibility index (Phi) is 5.10. The van der Waals surface area contributed by atoms with Crippen molar-refractivity contribution in [3.63, 3.8) is 0 Å². The van der Waals surface area contributed by atoms with E-state index >= 15 is 0 Å². The van der Waals surface area contributed by atoms with Crippen molar-refractivity contribution in [1.29, 1.82) is 0 Å². The van der Waals surface area contributed by atoms with Crippen molar-refractivity contribution in [2.75, 3.05) is 7.05 Å². The number of rotatable bonds is 5. The summed E-state index contributed by atoms with van der Waals surface area (Å²) < 4.78 is 25.4. The van der Waals surface area contributed by atoms with Crippen LogP contribution in [0.5, 0.6) is 0 Å². The highest BCUT2D eigenvalue weighted by Crippen LogP contribution is 2.15. The Labute approximate surface area is 118 Å². The molecule has 0 aliphatic carbocycles. The highest BCUT2D eigenvalue weighted by atomic mass is 35.5. The van der Waals surface area contributed by atoms with Crippen LogP contribution in [0.1, 0.15) is 12.5 Å². The molecule has 1 rings (SSSR count). The quantitative estimate of drug-likeness (QED) is 0.842. The molecule has 0 aliphatic heterocycles. The van der Waals surface area contributed by atoms with Crippen LogP contribution in [0.3, 0.4) is 0 Å². The van der Waals surface area contributed by atoms with E-state index in [4.69, 9.17) is 29.6 Å². The van der Waals surface area contributed by atoms with Crippen molar-refractivity contribution in [1.82, 2.24) is 4.31 Å². The molecule has 0 heterocycles. The number of nitrogens with two attached hydrogens (primary N) is 1. The molecule has 0 spiro atoms. The van der Waals surface area contributed by atoms with Gasteiger partial charge in [0.15, 0.2) is 0 Å². The maximum absolute atomic E-state index is 12.1. The minimum Gasteiger partial charge on any atom is -0.392 e. The first-order chi connectivity index (χ1) is 8.25. The zero-order chi connectivity index (χ0) is 13.9. The van der Waals surface area contributed by atoms with E-state index in [2.05, 4.69) is 0 Å². The van der Waals surface area contributed by atoms with Crippen molar-refractivity contribution in [3.05, 3.63) is 34.9 Å². The fourth-order valence-electron chi connectivity index (χ4n) is 1.40. The lowest BCUT2D eigenvalue weighted by Gasteiger charge is -2.21. The van der Waals surface area contributed by atoms with Crippen molar-refractivity contribution in [3.8, 4) is 0 Å². The van der Waals surface area contributed by atoms with Gasteiger partial charge in [0.2, 0.25) is 10.0 Å². The van der Waals surface area contributed by atoms with E-state index in [0.717, 1.165) is 5.56 Å². The average Bonchev–Trinajstić information content (AvgIpc) is 2.27. The van der Waals surface area contributed by atoms with Crippen LogP contribution >= 0.6 is 23.8 Å². The lowest BCUT2D eigenvalue weighted by atomic mass is 10.2. The SMILES string of the molecule is CC(C(N)=S)S(=O)(=O)N(C)Cc1cccc(Cl)c1. The zero-order valence-electron chi connectivity index (χ0n) is 10.1. The first-order valence-corrected chi connectivity index (χ1v) is 7.53. The van der Waals surface area contributed by atoms with E-state index in [1.807, 2.05) is 6.07 Å². The van der Waals surface area contributed by atoms with Gasteiger partial charge in [-0.3, -0.25) is 0 Å². The summed E-state index contributed by atoms with van der Waals surface area (Å²) in [6.45, 7) is 1.71. The minimum atomic E-state index is -3.53. The van der Waals surface area contributed by atoms with Gasteiger partial charge in [-0.25, -0.2) is 12.7 Å². The summed E-state index contributed by atoms with van der Waals surface area (Å²) in [6, 6.07) is 7.04. The van der Waals surface area contributed by atoms with E-state index in [1.165, 1.54) is 18.3 Å². The number of hydrogen-bond donors (Lipinski definition) is 1. The van der Waals surface area contributed by atoms with Gasteiger partial charge in [0.05, 0.1) is 4.99 Å². The Morgan fingerprint density at radius 3 is 2.67 bits per heavy atom. The normalized spacial score (nSPS) is 13.6. The maximum atomic E-state index is 12.1. The van der Waals surface area contributed by atoms with Crippen LogP contribution < -0.4 is 5.73 Å². The van der Waals surface area contributed by atoms with Crippen LogP contribution in [0.2, 0.25) is 5.02 Å². The highest BCUT2D eigenvalue weighted by Gasteiger charge is 2.27. The standard InChI is InChI=1S/C11H15ClN2O2S2/c1-8(11(13)17)18(15,16)14(2)7-9-4-3-5-10(12)6-9/h3-6,8H,7H2,1-2H3,(H2,13,17). The van der Waals surface area contributed by atoms with Gasteiger partial charge in [0, 0.05) is 18.6 Å². The molecule has 1 unspecified atom stereocenters. The third-order valence-electron chi connectivity index (χ3n) is 2.58. The van der Waals surface area contributed by atoms with E-state index in [-0.39, 0.29) is 11.5 Å². The van der Waals surface area contributed by atoms with Gasteiger partial charge < -0.3 is 5.73 Å². The first-order valence-electron chi connectivity index (χ1n) is 5.24. The Balaban J connectivity index is 2.89. The first kappa shape index (κ1) is 15.4. The summed E-state index contributed by atoms with van der Waals surface area (Å²) in [5.41, 5.74) is 6.19. The predicted molar refractivity (Wildman–Crippen MR) is 78.1 cm³/mol. The second-order valence-corrected chi connectivity index (χ2v) is 7.24. The predicted octanol–water partition coefficient (Wildman–Crippen LogP) is 1.78. The molecule has 0 aliphatic rings. The Morgan fingerprint density at radius 2 is 2.17 bits per heavy atom. The molecule has 1 aromatic rings. The van der Waals surface area contributed by atoms with Crippen molar-refractivity contribution < 1.29 is 8.42 Å². The fourth-order valence-corrected chi connectivity index (χ4v) is 3.14. The lowest BCUT2D eigenvalue weighted by Crippen LogP contribution is -2.40. The second kappa shape index (κ2) is 5.97. The molecule has 100 valence electrons. The molecule has 0 saturated carbocycles. The van der Waals surface area contributed by atoms with E-state index in [9.17, 15) is 8.42 Å². The van der Waals surface area contributed by atoms with Crippen LogP contribution in [0.15, 0.2) is 24.3 Å². The highest BCUT2D eigenvalue weighted by molar-refractivity contribution is 7.92. The number of nitrogens with zero attached hydrogens (tertiary/aromatic N) is 1. The largest absolute Gasteiger partial charge is 0.392 e. The summed E-state index contributed by atoms with van der Waals surface area (Å²) in [4.78, 5) is -0.0343. The number of benzene rings is 1. The van der Waals surface area contributed by atoms with Gasteiger partial charge in [-0.15, -0.1) is 0 Å². The Morgan fingerprint density at radius 1 is 1.56 bits per heavy atom. The zero-order valence-corrected chi connectivity index (χ0v) is 12.5. The Bertz CT molecular complexity index is 546. The summed E-state index contributed by atoms with van der Waals surface area (Å²) in [6.07, 6.45) is 0. The fraction of sp³-hybridized carbons (Fsp3) is 0.364. The Hall–Kier alpha value is -0.690. The van der Waals surface area contributed by atoms with Gasteiger partial charge in [0.25, 0.3) is 0 Å². The number of hydrogen-bond acceptors (Lipinski definition) is 3. The molecule has 1 atom stereocenters. The van der Waals surface area contributed by atoms with Crippen LogP contribution in [0.25, 0.3) is 0 Å². The van der Waals surface area contributed by atoms with E-state index in [0.29, 0.717) is 5.02 Å². The van der Waals surface area contributed by atoms with Gasteiger partial charge in [0.1, 0.15) is 5.25 Å². The third kappa shape index (κ3) is 3.65. The molecular formula is C11H15ClN2O2S2. The van der Waals surface area contributed by atoms with Gasteiger partial charge in [-0.2, -0.15) is 0 Å². The molecule has 4 nitrogen and oxygen atoms in total. The summed E-state index contributed by atoms with van der Waals surface area (Å²) in [7, 11) is -2.03. The third-order valence-corrected chi connectivity index (χ3v) is 5.46. The monoisotopic (exact) mass is 306 g/mol. The molecule has 0 bridgehead atoms. The van der Waals surface area contributed by atoms with Crippen molar-refractivity contribution in [2.45, 2.75) is 18.7 Å². The van der Waals surface area contributed by atoms with Crippen LogP contribution in [-0.2, 0) is 16.6 Å². The van der Waals surface area contributed by atoms with Crippen LogP contribution in [-0.4, -0.2) is 30.0 Å². The van der Waals surface area contributed by atoms with E-state index in [1.54, 1.807) is 18.2 Å². The topological polar surface area (TPSA) is 63.4 Å². The minimum absolute atomic E-state index is 0.0343. The number of sulfonamides is 1. The maximum Gasteiger partial charge on any atom is 0.223 e. The smallest absolute Gasteiger partial charge is 0.223 e. The molecule has 0 radical (unpaired) electrons. The molecule has 0 saturated heterocycles. The van der Waals surface area contributed by atoms with E-state index < -0.39 is 15.3 Å². The molecule has 0 aromatic heterocycles. The number of halogens is 1. The summed E-state index contributed by atoms with van der Waals surface area (Å²) >= 11 is 10.6. The molecule has 7 heteroatoms.